The molecule has 0 saturated carbocycles. The Morgan fingerprint density at radius 2 is 1.39 bits per heavy atom. The molecule has 0 bridgehead atoms. The molecule has 6 nitrogen and oxygen atoms in total. The van der Waals surface area contributed by atoms with Gasteiger partial charge < -0.3 is 18.8 Å². The molecule has 0 aliphatic rings. The molecule has 28 heavy (non-hydrogen) atoms. The van der Waals surface area contributed by atoms with Crippen LogP contribution in [-0.4, -0.2) is 51.8 Å². The smallest absolute Gasteiger partial charge is 0.748 e. The van der Waals surface area contributed by atoms with Crippen molar-refractivity contribution in [1.82, 2.24) is 0 Å². The van der Waals surface area contributed by atoms with Gasteiger partial charge in [0.25, 0.3) is 0 Å². The first-order valence-electron chi connectivity index (χ1n) is 9.82. The quantitative estimate of drug-likeness (QED) is 0.206. The second-order valence-corrected chi connectivity index (χ2v) is 8.02. The Hall–Kier alpha value is -0.150. The molecule has 0 atom stereocenters. The minimum atomic E-state index is -4.21. The van der Waals surface area contributed by atoms with E-state index >= 15 is 0 Å². The van der Waals surface area contributed by atoms with E-state index < -0.39 is 15.9 Å². The topological polar surface area (TPSA) is 84.9 Å². The molecular weight excluding hydrogens is 391 g/mol. The summed E-state index contributed by atoms with van der Waals surface area (Å²) in [6.07, 6.45) is 8.96. The summed E-state index contributed by atoms with van der Waals surface area (Å²) >= 11 is 0. The summed E-state index contributed by atoms with van der Waals surface area (Å²) in [6, 6.07) is 8.19. The maximum atomic E-state index is 10.4. The number of unbranched alkanes of at least 4 members (excludes halogenated alkanes) is 5. The predicted octanol–water partition coefficient (Wildman–Crippen LogP) is 0.551. The van der Waals surface area contributed by atoms with E-state index in [-0.39, 0.29) is 42.8 Å². The van der Waals surface area contributed by atoms with Crippen molar-refractivity contribution in [3.63, 3.8) is 0 Å². The van der Waals surface area contributed by atoms with Crippen LogP contribution in [0.15, 0.2) is 24.3 Å². The van der Waals surface area contributed by atoms with Gasteiger partial charge in [-0.05, 0) is 30.5 Å². The molecule has 0 radical (unpaired) electrons. The normalized spacial score (nSPS) is 11.2. The minimum Gasteiger partial charge on any atom is -0.748 e. The van der Waals surface area contributed by atoms with Gasteiger partial charge in [-0.15, -0.1) is 0 Å². The standard InChI is InChI=1S/C20H34O6S.Na/c1-2-3-4-5-6-7-8-19-9-11-20(12-10-19)26-16-15-24-13-14-25-17-18-27(21,22)23;/h9-12H,2-8,13-18H2,1H3,(H,21,22,23);/q;+1/p-1. The molecule has 0 aliphatic heterocycles. The van der Waals surface area contributed by atoms with Crippen LogP contribution < -0.4 is 34.3 Å². The van der Waals surface area contributed by atoms with Crippen molar-refractivity contribution in [3.8, 4) is 5.75 Å². The fourth-order valence-electron chi connectivity index (χ4n) is 2.56. The number of hydrogen-bond donors (Lipinski definition) is 0. The SMILES string of the molecule is CCCCCCCCc1ccc(OCCOCCOCCS(=O)(=O)[O-])cc1.[Na+]. The van der Waals surface area contributed by atoms with E-state index in [1.54, 1.807) is 0 Å². The molecule has 0 fully saturated rings. The van der Waals surface area contributed by atoms with Gasteiger partial charge in [0.15, 0.2) is 0 Å². The summed E-state index contributed by atoms with van der Waals surface area (Å²) in [4.78, 5) is 0. The summed E-state index contributed by atoms with van der Waals surface area (Å²) in [6.45, 7) is 3.58. The van der Waals surface area contributed by atoms with E-state index in [0.717, 1.165) is 12.2 Å². The fraction of sp³-hybridized carbons (Fsp3) is 0.700. The van der Waals surface area contributed by atoms with Gasteiger partial charge in [-0.3, -0.25) is 0 Å². The van der Waals surface area contributed by atoms with E-state index in [1.165, 1.54) is 44.1 Å². The molecule has 0 unspecified atom stereocenters. The summed E-state index contributed by atoms with van der Waals surface area (Å²) in [5, 5.41) is 0. The van der Waals surface area contributed by atoms with Crippen LogP contribution in [0.5, 0.6) is 5.75 Å². The van der Waals surface area contributed by atoms with Crippen molar-refractivity contribution in [1.29, 1.82) is 0 Å². The number of aryl methyl sites for hydroxylation is 1. The molecule has 1 aromatic rings. The number of benzene rings is 1. The van der Waals surface area contributed by atoms with E-state index in [2.05, 4.69) is 19.1 Å². The van der Waals surface area contributed by atoms with Crippen molar-refractivity contribution in [2.45, 2.75) is 51.9 Å². The van der Waals surface area contributed by atoms with Gasteiger partial charge in [0.05, 0.1) is 42.3 Å². The monoisotopic (exact) mass is 424 g/mol. The third kappa shape index (κ3) is 16.8. The van der Waals surface area contributed by atoms with Crippen LogP contribution in [0.1, 0.15) is 51.0 Å². The van der Waals surface area contributed by atoms with Gasteiger partial charge >= 0.3 is 29.6 Å². The van der Waals surface area contributed by atoms with Crippen LogP contribution in [-0.2, 0) is 26.0 Å². The van der Waals surface area contributed by atoms with Gasteiger partial charge in [-0.25, -0.2) is 8.42 Å². The zero-order chi connectivity index (χ0) is 19.8. The first kappa shape index (κ1) is 27.8. The Morgan fingerprint density at radius 1 is 0.821 bits per heavy atom. The van der Waals surface area contributed by atoms with Crippen molar-refractivity contribution < 1.29 is 56.7 Å². The molecule has 0 spiro atoms. The van der Waals surface area contributed by atoms with Gasteiger partial charge in [-0.1, -0.05) is 51.2 Å². The maximum absolute atomic E-state index is 10.4. The largest absolute Gasteiger partial charge is 1.00 e. The van der Waals surface area contributed by atoms with Gasteiger partial charge in [0.2, 0.25) is 0 Å². The van der Waals surface area contributed by atoms with Crippen LogP contribution in [0.2, 0.25) is 0 Å². The average molecular weight is 425 g/mol. The average Bonchev–Trinajstić information content (AvgIpc) is 2.63. The first-order valence-corrected chi connectivity index (χ1v) is 11.4. The third-order valence-corrected chi connectivity index (χ3v) is 4.76. The second-order valence-electron chi connectivity index (χ2n) is 6.50. The maximum Gasteiger partial charge on any atom is 1.00 e. The summed E-state index contributed by atoms with van der Waals surface area (Å²) in [7, 11) is -4.21. The second kappa shape index (κ2) is 17.7. The third-order valence-electron chi connectivity index (χ3n) is 4.09. The van der Waals surface area contributed by atoms with E-state index in [4.69, 9.17) is 14.2 Å². The van der Waals surface area contributed by atoms with Crippen LogP contribution in [0.4, 0.5) is 0 Å². The molecule has 8 heteroatoms. The van der Waals surface area contributed by atoms with Crippen LogP contribution in [0.25, 0.3) is 0 Å². The molecule has 0 heterocycles. The van der Waals surface area contributed by atoms with E-state index in [0.29, 0.717) is 19.8 Å². The first-order chi connectivity index (χ1) is 13.0. The Bertz CT molecular complexity index is 577. The molecule has 1 aromatic carbocycles. The Morgan fingerprint density at radius 3 is 2.04 bits per heavy atom. The predicted molar refractivity (Wildman–Crippen MR) is 105 cm³/mol. The molecule has 156 valence electrons. The van der Waals surface area contributed by atoms with Gasteiger partial charge in [0.1, 0.15) is 12.4 Å². The Balaban J connectivity index is 0.00000729. The molecule has 0 aliphatic carbocycles. The molecule has 0 saturated heterocycles. The number of rotatable bonds is 17. The van der Waals surface area contributed by atoms with E-state index in [1.807, 2.05) is 12.1 Å². The van der Waals surface area contributed by atoms with Crippen molar-refractivity contribution in [2.75, 3.05) is 38.8 Å². The summed E-state index contributed by atoms with van der Waals surface area (Å²) in [5.74, 6) is 0.313. The molecule has 0 N–H and O–H groups in total. The zero-order valence-corrected chi connectivity index (χ0v) is 20.2. The van der Waals surface area contributed by atoms with Crippen molar-refractivity contribution in [2.24, 2.45) is 0 Å². The number of hydrogen-bond acceptors (Lipinski definition) is 6. The summed E-state index contributed by atoms with van der Waals surface area (Å²) in [5.41, 5.74) is 1.34. The van der Waals surface area contributed by atoms with Crippen LogP contribution >= 0.6 is 0 Å². The molecule has 0 amide bonds. The Labute approximate surface area is 192 Å². The Kier molecular flexibility index (Phi) is 17.6. The molecule has 0 aromatic heterocycles. The summed E-state index contributed by atoms with van der Waals surface area (Å²) < 4.78 is 47.1. The minimum absolute atomic E-state index is 0. The van der Waals surface area contributed by atoms with Crippen LogP contribution in [0.3, 0.4) is 0 Å². The fourth-order valence-corrected chi connectivity index (χ4v) is 2.89. The van der Waals surface area contributed by atoms with Crippen molar-refractivity contribution >= 4 is 10.1 Å². The molecular formula is C20H33NaO6S. The van der Waals surface area contributed by atoms with Crippen molar-refractivity contribution in [3.05, 3.63) is 29.8 Å². The number of ether oxygens (including phenoxy) is 3. The van der Waals surface area contributed by atoms with Gasteiger partial charge in [0, 0.05) is 0 Å². The van der Waals surface area contributed by atoms with E-state index in [9.17, 15) is 13.0 Å². The zero-order valence-electron chi connectivity index (χ0n) is 17.4. The molecule has 1 rings (SSSR count). The van der Waals surface area contributed by atoms with Crippen LogP contribution in [0, 0.1) is 0 Å². The van der Waals surface area contributed by atoms with Gasteiger partial charge in [-0.2, -0.15) is 0 Å².